The van der Waals surface area contributed by atoms with Crippen LogP contribution in [0.5, 0.6) is 0 Å². The highest BCUT2D eigenvalue weighted by molar-refractivity contribution is 7.10. The van der Waals surface area contributed by atoms with Crippen LogP contribution < -0.4 is 5.73 Å². The van der Waals surface area contributed by atoms with E-state index in [1.165, 1.54) is 4.88 Å². The van der Waals surface area contributed by atoms with Crippen molar-refractivity contribution < 1.29 is 0 Å². The zero-order valence-corrected chi connectivity index (χ0v) is 8.93. The Kier molecular flexibility index (Phi) is 2.21. The second-order valence-corrected chi connectivity index (χ2v) is 4.29. The molecule has 72 valence electrons. The first-order chi connectivity index (χ1) is 6.65. The van der Waals surface area contributed by atoms with Gasteiger partial charge in [0.2, 0.25) is 0 Å². The van der Waals surface area contributed by atoms with E-state index in [-0.39, 0.29) is 0 Å². The van der Waals surface area contributed by atoms with Crippen molar-refractivity contribution in [2.45, 2.75) is 13.8 Å². The summed E-state index contributed by atoms with van der Waals surface area (Å²) in [6.45, 7) is 3.92. The van der Waals surface area contributed by atoms with Crippen LogP contribution in [0, 0.1) is 13.8 Å². The number of nitrogen functional groups attached to an aromatic ring is 1. The molecule has 0 bridgehead atoms. The average Bonchev–Trinajstić information content (AvgIpc) is 2.50. The van der Waals surface area contributed by atoms with Crippen molar-refractivity contribution in [3.05, 3.63) is 28.2 Å². The predicted octanol–water partition coefficient (Wildman–Crippen LogP) is 2.40. The molecule has 0 saturated carbocycles. The van der Waals surface area contributed by atoms with Crippen molar-refractivity contribution in [3.63, 3.8) is 0 Å². The maximum atomic E-state index is 5.66. The van der Waals surface area contributed by atoms with Gasteiger partial charge in [0.15, 0.2) is 0 Å². The second-order valence-electron chi connectivity index (χ2n) is 3.17. The second kappa shape index (κ2) is 3.38. The van der Waals surface area contributed by atoms with E-state index in [9.17, 15) is 0 Å². The third-order valence-corrected chi connectivity index (χ3v) is 2.75. The molecular weight excluding hydrogens is 194 g/mol. The molecule has 2 N–H and O–H groups in total. The SMILES string of the molecule is Cc1nc(N)cc(-c2csc(C)c2)n1. The summed E-state index contributed by atoms with van der Waals surface area (Å²) in [7, 11) is 0. The molecule has 0 aromatic carbocycles. The Morgan fingerprint density at radius 2 is 2.00 bits per heavy atom. The highest BCUT2D eigenvalue weighted by Gasteiger charge is 2.03. The molecular formula is C10H11N3S. The summed E-state index contributed by atoms with van der Waals surface area (Å²) in [5, 5.41) is 2.08. The molecule has 0 saturated heterocycles. The Balaban J connectivity index is 2.51. The molecule has 14 heavy (non-hydrogen) atoms. The molecule has 0 atom stereocenters. The number of aryl methyl sites for hydroxylation is 2. The van der Waals surface area contributed by atoms with Crippen LogP contribution in [-0.4, -0.2) is 9.97 Å². The molecule has 0 fully saturated rings. The van der Waals surface area contributed by atoms with E-state index in [4.69, 9.17) is 5.73 Å². The molecule has 0 aliphatic carbocycles. The number of rotatable bonds is 1. The summed E-state index contributed by atoms with van der Waals surface area (Å²) in [6.07, 6.45) is 0. The molecule has 2 aromatic rings. The third-order valence-electron chi connectivity index (χ3n) is 1.88. The maximum absolute atomic E-state index is 5.66. The van der Waals surface area contributed by atoms with E-state index in [2.05, 4.69) is 28.3 Å². The molecule has 3 nitrogen and oxygen atoms in total. The monoisotopic (exact) mass is 205 g/mol. The fourth-order valence-electron chi connectivity index (χ4n) is 1.32. The van der Waals surface area contributed by atoms with Crippen LogP contribution in [0.1, 0.15) is 10.7 Å². The summed E-state index contributed by atoms with van der Waals surface area (Å²) in [5.41, 5.74) is 7.67. The summed E-state index contributed by atoms with van der Waals surface area (Å²) in [6, 6.07) is 3.90. The van der Waals surface area contributed by atoms with Gasteiger partial charge in [0.25, 0.3) is 0 Å². The van der Waals surface area contributed by atoms with Crippen LogP contribution >= 0.6 is 11.3 Å². The van der Waals surface area contributed by atoms with Crippen LogP contribution in [0.25, 0.3) is 11.3 Å². The van der Waals surface area contributed by atoms with E-state index in [0.29, 0.717) is 11.6 Å². The van der Waals surface area contributed by atoms with Gasteiger partial charge in [-0.25, -0.2) is 9.97 Å². The molecule has 0 amide bonds. The zero-order valence-electron chi connectivity index (χ0n) is 8.11. The van der Waals surface area contributed by atoms with Crippen molar-refractivity contribution in [1.82, 2.24) is 9.97 Å². The maximum Gasteiger partial charge on any atom is 0.128 e. The van der Waals surface area contributed by atoms with Gasteiger partial charge >= 0.3 is 0 Å². The van der Waals surface area contributed by atoms with E-state index < -0.39 is 0 Å². The van der Waals surface area contributed by atoms with Crippen molar-refractivity contribution >= 4 is 17.2 Å². The molecule has 0 radical (unpaired) electrons. The van der Waals surface area contributed by atoms with Crippen LogP contribution in [0.3, 0.4) is 0 Å². The molecule has 0 aliphatic heterocycles. The number of anilines is 1. The van der Waals surface area contributed by atoms with Crippen molar-refractivity contribution in [3.8, 4) is 11.3 Å². The number of thiophene rings is 1. The number of nitrogens with two attached hydrogens (primary N) is 1. The number of hydrogen-bond acceptors (Lipinski definition) is 4. The van der Waals surface area contributed by atoms with Crippen LogP contribution in [0.2, 0.25) is 0 Å². The number of aromatic nitrogens is 2. The first-order valence-corrected chi connectivity index (χ1v) is 5.20. The quantitative estimate of drug-likeness (QED) is 0.777. The minimum absolute atomic E-state index is 0.524. The fourth-order valence-corrected chi connectivity index (χ4v) is 2.01. The van der Waals surface area contributed by atoms with Gasteiger partial charge in [-0.15, -0.1) is 11.3 Å². The van der Waals surface area contributed by atoms with Crippen molar-refractivity contribution in [2.24, 2.45) is 0 Å². The van der Waals surface area contributed by atoms with Gasteiger partial charge < -0.3 is 5.73 Å². The molecule has 2 heterocycles. The minimum atomic E-state index is 0.524. The van der Waals surface area contributed by atoms with E-state index in [1.54, 1.807) is 17.4 Å². The Bertz CT molecular complexity index is 442. The fraction of sp³-hybridized carbons (Fsp3) is 0.200. The van der Waals surface area contributed by atoms with Gasteiger partial charge in [0, 0.05) is 21.9 Å². The lowest BCUT2D eigenvalue weighted by Gasteiger charge is -2.00. The molecule has 2 rings (SSSR count). The van der Waals surface area contributed by atoms with Gasteiger partial charge in [0.05, 0.1) is 5.69 Å². The third kappa shape index (κ3) is 1.75. The summed E-state index contributed by atoms with van der Waals surface area (Å²) in [5.74, 6) is 1.24. The average molecular weight is 205 g/mol. The highest BCUT2D eigenvalue weighted by atomic mass is 32.1. The Morgan fingerprint density at radius 1 is 1.21 bits per heavy atom. The Labute approximate surface area is 86.6 Å². The topological polar surface area (TPSA) is 51.8 Å². The molecule has 0 unspecified atom stereocenters. The van der Waals surface area contributed by atoms with E-state index >= 15 is 0 Å². The summed E-state index contributed by atoms with van der Waals surface area (Å²) in [4.78, 5) is 9.64. The van der Waals surface area contributed by atoms with E-state index in [1.807, 2.05) is 6.92 Å². The first-order valence-electron chi connectivity index (χ1n) is 4.32. The molecule has 0 spiro atoms. The van der Waals surface area contributed by atoms with Crippen LogP contribution in [-0.2, 0) is 0 Å². The number of hydrogen-bond donors (Lipinski definition) is 1. The largest absolute Gasteiger partial charge is 0.384 e. The predicted molar refractivity (Wildman–Crippen MR) is 59.2 cm³/mol. The van der Waals surface area contributed by atoms with Crippen molar-refractivity contribution in [1.29, 1.82) is 0 Å². The number of nitrogens with zero attached hydrogens (tertiary/aromatic N) is 2. The lowest BCUT2D eigenvalue weighted by atomic mass is 10.2. The van der Waals surface area contributed by atoms with Gasteiger partial charge in [0.1, 0.15) is 11.6 Å². The molecule has 4 heteroatoms. The standard InChI is InChI=1S/C10H11N3S/c1-6-3-8(5-14-6)9-4-10(11)13-7(2)12-9/h3-5H,1-2H3,(H2,11,12,13). The lowest BCUT2D eigenvalue weighted by molar-refractivity contribution is 1.07. The Morgan fingerprint density at radius 3 is 2.57 bits per heavy atom. The van der Waals surface area contributed by atoms with Crippen molar-refractivity contribution in [2.75, 3.05) is 5.73 Å². The van der Waals surface area contributed by atoms with Crippen LogP contribution in [0.4, 0.5) is 5.82 Å². The first kappa shape index (κ1) is 9.15. The van der Waals surface area contributed by atoms with Gasteiger partial charge in [-0.3, -0.25) is 0 Å². The van der Waals surface area contributed by atoms with Gasteiger partial charge in [-0.1, -0.05) is 0 Å². The van der Waals surface area contributed by atoms with Crippen LogP contribution in [0.15, 0.2) is 17.5 Å². The smallest absolute Gasteiger partial charge is 0.128 e. The molecule has 2 aromatic heterocycles. The summed E-state index contributed by atoms with van der Waals surface area (Å²) < 4.78 is 0. The zero-order chi connectivity index (χ0) is 10.1. The van der Waals surface area contributed by atoms with Gasteiger partial charge in [-0.05, 0) is 19.9 Å². The Hall–Kier alpha value is -1.42. The lowest BCUT2D eigenvalue weighted by Crippen LogP contribution is -1.96. The highest BCUT2D eigenvalue weighted by Crippen LogP contribution is 2.24. The van der Waals surface area contributed by atoms with E-state index in [0.717, 1.165) is 11.3 Å². The minimum Gasteiger partial charge on any atom is -0.384 e. The normalized spacial score (nSPS) is 10.4. The van der Waals surface area contributed by atoms with Gasteiger partial charge in [-0.2, -0.15) is 0 Å². The summed E-state index contributed by atoms with van der Waals surface area (Å²) >= 11 is 1.71. The molecule has 0 aliphatic rings.